The van der Waals surface area contributed by atoms with E-state index in [1.807, 2.05) is 31.2 Å². The van der Waals surface area contributed by atoms with Crippen LogP contribution in [-0.2, 0) is 21.1 Å². The molecule has 3 rings (SSSR count). The van der Waals surface area contributed by atoms with E-state index in [0.717, 1.165) is 11.1 Å². The Labute approximate surface area is 140 Å². The van der Waals surface area contributed by atoms with Crippen molar-refractivity contribution in [1.82, 2.24) is 15.5 Å². The van der Waals surface area contributed by atoms with Crippen molar-refractivity contribution in [3.63, 3.8) is 0 Å². The molecule has 1 aromatic heterocycles. The Balaban J connectivity index is 1.52. The molecule has 8 heteroatoms. The standard InChI is InChI=1S/C16H19N3O4S/c1-11-2-4-12(5-3-11)16-19-18-15(23-16)7-6-14(20)17-13-8-9-24(21,22)10-13/h2-5,13H,6-10H2,1H3,(H,17,20)/t13-/m1/s1. The lowest BCUT2D eigenvalue weighted by molar-refractivity contribution is -0.121. The monoisotopic (exact) mass is 349 g/mol. The van der Waals surface area contributed by atoms with Crippen LogP contribution in [-0.4, -0.2) is 42.1 Å². The van der Waals surface area contributed by atoms with Gasteiger partial charge >= 0.3 is 0 Å². The molecule has 0 radical (unpaired) electrons. The number of carbonyl (C=O) groups is 1. The lowest BCUT2D eigenvalue weighted by Gasteiger charge is -2.09. The van der Waals surface area contributed by atoms with E-state index in [1.54, 1.807) is 0 Å². The smallest absolute Gasteiger partial charge is 0.247 e. The minimum Gasteiger partial charge on any atom is -0.421 e. The highest BCUT2D eigenvalue weighted by Gasteiger charge is 2.28. The molecule has 1 fully saturated rings. The predicted octanol–water partition coefficient (Wildman–Crippen LogP) is 1.28. The molecule has 1 amide bonds. The number of hydrogen-bond acceptors (Lipinski definition) is 6. The van der Waals surface area contributed by atoms with Gasteiger partial charge in [-0.2, -0.15) is 0 Å². The van der Waals surface area contributed by atoms with E-state index in [0.29, 0.717) is 24.6 Å². The van der Waals surface area contributed by atoms with Crippen molar-refractivity contribution in [2.24, 2.45) is 0 Å². The van der Waals surface area contributed by atoms with Gasteiger partial charge in [0.1, 0.15) is 0 Å². The predicted molar refractivity (Wildman–Crippen MR) is 88.0 cm³/mol. The van der Waals surface area contributed by atoms with Crippen molar-refractivity contribution in [2.45, 2.75) is 32.2 Å². The number of rotatable bonds is 5. The summed E-state index contributed by atoms with van der Waals surface area (Å²) < 4.78 is 28.3. The molecule has 1 aliphatic heterocycles. The van der Waals surface area contributed by atoms with Crippen molar-refractivity contribution in [3.8, 4) is 11.5 Å². The fourth-order valence-electron chi connectivity index (χ4n) is 2.60. The molecule has 7 nitrogen and oxygen atoms in total. The quantitative estimate of drug-likeness (QED) is 0.872. The van der Waals surface area contributed by atoms with E-state index in [-0.39, 0.29) is 29.9 Å². The second-order valence-corrected chi connectivity index (χ2v) is 8.26. The molecular weight excluding hydrogens is 330 g/mol. The van der Waals surface area contributed by atoms with Crippen LogP contribution in [0, 0.1) is 6.92 Å². The maximum absolute atomic E-state index is 11.9. The number of hydrogen-bond donors (Lipinski definition) is 1. The van der Waals surface area contributed by atoms with Gasteiger partial charge in [-0.3, -0.25) is 4.79 Å². The van der Waals surface area contributed by atoms with E-state index >= 15 is 0 Å². The molecule has 1 aromatic carbocycles. The molecule has 2 heterocycles. The molecular formula is C16H19N3O4S. The van der Waals surface area contributed by atoms with Crippen LogP contribution >= 0.6 is 0 Å². The molecule has 0 spiro atoms. The van der Waals surface area contributed by atoms with Gasteiger partial charge in [0.25, 0.3) is 0 Å². The van der Waals surface area contributed by atoms with Crippen LogP contribution in [0.5, 0.6) is 0 Å². The number of benzene rings is 1. The summed E-state index contributed by atoms with van der Waals surface area (Å²) in [5.74, 6) is 0.775. The first kappa shape index (κ1) is 16.6. The van der Waals surface area contributed by atoms with Crippen molar-refractivity contribution >= 4 is 15.7 Å². The molecule has 0 aliphatic carbocycles. The lowest BCUT2D eigenvalue weighted by atomic mass is 10.1. The summed E-state index contributed by atoms with van der Waals surface area (Å²) in [7, 11) is -2.99. The Morgan fingerprint density at radius 1 is 1.29 bits per heavy atom. The van der Waals surface area contributed by atoms with E-state index in [2.05, 4.69) is 15.5 Å². The van der Waals surface area contributed by atoms with Gasteiger partial charge in [-0.05, 0) is 25.5 Å². The summed E-state index contributed by atoms with van der Waals surface area (Å²) in [6.45, 7) is 2.00. The summed E-state index contributed by atoms with van der Waals surface area (Å²) in [4.78, 5) is 11.9. The minimum atomic E-state index is -2.99. The van der Waals surface area contributed by atoms with Crippen LogP contribution in [0.4, 0.5) is 0 Å². The van der Waals surface area contributed by atoms with Crippen molar-refractivity contribution < 1.29 is 17.6 Å². The Morgan fingerprint density at radius 2 is 2.04 bits per heavy atom. The summed E-state index contributed by atoms with van der Waals surface area (Å²) in [5, 5.41) is 10.7. The number of amides is 1. The topological polar surface area (TPSA) is 102 Å². The molecule has 1 atom stereocenters. The van der Waals surface area contributed by atoms with Crippen LogP contribution in [0.25, 0.3) is 11.5 Å². The van der Waals surface area contributed by atoms with Crippen LogP contribution in [0.2, 0.25) is 0 Å². The largest absolute Gasteiger partial charge is 0.421 e. The van der Waals surface area contributed by atoms with E-state index in [1.165, 1.54) is 0 Å². The third-order valence-corrected chi connectivity index (χ3v) is 5.70. The van der Waals surface area contributed by atoms with Crippen molar-refractivity contribution in [2.75, 3.05) is 11.5 Å². The highest BCUT2D eigenvalue weighted by Crippen LogP contribution is 2.18. The first-order valence-corrected chi connectivity index (χ1v) is 9.63. The van der Waals surface area contributed by atoms with Crippen LogP contribution in [0.1, 0.15) is 24.3 Å². The van der Waals surface area contributed by atoms with E-state index in [4.69, 9.17) is 4.42 Å². The number of nitrogens with zero attached hydrogens (tertiary/aromatic N) is 2. The second kappa shape index (κ2) is 6.72. The maximum atomic E-state index is 11.9. The van der Waals surface area contributed by atoms with Gasteiger partial charge in [0, 0.05) is 24.4 Å². The minimum absolute atomic E-state index is 0.0247. The van der Waals surface area contributed by atoms with Gasteiger partial charge in [-0.15, -0.1) is 10.2 Å². The number of carbonyl (C=O) groups excluding carboxylic acids is 1. The molecule has 0 bridgehead atoms. The SMILES string of the molecule is Cc1ccc(-c2nnc(CCC(=O)N[C@@H]3CCS(=O)(=O)C3)o2)cc1. The molecule has 1 saturated heterocycles. The average Bonchev–Trinajstić information content (AvgIpc) is 3.12. The number of nitrogens with one attached hydrogen (secondary N) is 1. The van der Waals surface area contributed by atoms with Gasteiger partial charge in [0.2, 0.25) is 17.7 Å². The Hall–Kier alpha value is -2.22. The van der Waals surface area contributed by atoms with Crippen LogP contribution < -0.4 is 5.32 Å². The normalized spacial score (nSPS) is 19.3. The summed E-state index contributed by atoms with van der Waals surface area (Å²) in [5.41, 5.74) is 1.98. The summed E-state index contributed by atoms with van der Waals surface area (Å²) in [6, 6.07) is 7.44. The Kier molecular flexibility index (Phi) is 4.66. The Morgan fingerprint density at radius 3 is 2.71 bits per heavy atom. The zero-order chi connectivity index (χ0) is 17.2. The molecule has 1 aliphatic rings. The summed E-state index contributed by atoms with van der Waals surface area (Å²) in [6.07, 6.45) is 0.989. The highest BCUT2D eigenvalue weighted by molar-refractivity contribution is 7.91. The van der Waals surface area contributed by atoms with Gasteiger partial charge < -0.3 is 9.73 Å². The zero-order valence-electron chi connectivity index (χ0n) is 13.4. The van der Waals surface area contributed by atoms with Gasteiger partial charge in [0.15, 0.2) is 9.84 Å². The number of aryl methyl sites for hydroxylation is 2. The second-order valence-electron chi connectivity index (χ2n) is 6.03. The molecule has 128 valence electrons. The Bertz CT molecular complexity index is 827. The molecule has 1 N–H and O–H groups in total. The van der Waals surface area contributed by atoms with Gasteiger partial charge in [0.05, 0.1) is 11.5 Å². The van der Waals surface area contributed by atoms with Crippen LogP contribution in [0.15, 0.2) is 28.7 Å². The lowest BCUT2D eigenvalue weighted by Crippen LogP contribution is -2.35. The first-order chi connectivity index (χ1) is 11.4. The van der Waals surface area contributed by atoms with Crippen molar-refractivity contribution in [3.05, 3.63) is 35.7 Å². The van der Waals surface area contributed by atoms with Crippen LogP contribution in [0.3, 0.4) is 0 Å². The van der Waals surface area contributed by atoms with Crippen molar-refractivity contribution in [1.29, 1.82) is 0 Å². The van der Waals surface area contributed by atoms with E-state index in [9.17, 15) is 13.2 Å². The van der Waals surface area contributed by atoms with Gasteiger partial charge in [-0.25, -0.2) is 8.42 Å². The van der Waals surface area contributed by atoms with E-state index < -0.39 is 9.84 Å². The molecule has 0 unspecified atom stereocenters. The third kappa shape index (κ3) is 4.19. The number of aromatic nitrogens is 2. The average molecular weight is 349 g/mol. The third-order valence-electron chi connectivity index (χ3n) is 3.93. The molecule has 2 aromatic rings. The van der Waals surface area contributed by atoms with Gasteiger partial charge in [-0.1, -0.05) is 17.7 Å². The highest BCUT2D eigenvalue weighted by atomic mass is 32.2. The summed E-state index contributed by atoms with van der Waals surface area (Å²) >= 11 is 0. The maximum Gasteiger partial charge on any atom is 0.247 e. The molecule has 24 heavy (non-hydrogen) atoms. The number of sulfone groups is 1. The first-order valence-electron chi connectivity index (χ1n) is 7.80. The zero-order valence-corrected chi connectivity index (χ0v) is 14.2. The fourth-order valence-corrected chi connectivity index (χ4v) is 4.27. The fraction of sp³-hybridized carbons (Fsp3) is 0.438. The molecule has 0 saturated carbocycles.